The van der Waals surface area contributed by atoms with Gasteiger partial charge in [-0.15, -0.1) is 0 Å². The molecule has 9 N–H and O–H groups in total. The van der Waals surface area contributed by atoms with Crippen molar-refractivity contribution in [3.8, 4) is 96.3 Å². The van der Waals surface area contributed by atoms with Gasteiger partial charge in [-0.1, -0.05) is 103 Å². The Morgan fingerprint density at radius 2 is 0.722 bits per heavy atom. The van der Waals surface area contributed by atoms with Crippen LogP contribution < -0.4 is 0 Å². The molecule has 1 heterocycles. The van der Waals surface area contributed by atoms with Crippen LogP contribution in [0.25, 0.3) is 88.0 Å². The zero-order chi connectivity index (χ0) is 37.6. The van der Waals surface area contributed by atoms with Gasteiger partial charge in [0.2, 0.25) is 23.0 Å². The number of fused-ring (bicyclic) bond motifs is 5. The van der Waals surface area contributed by atoms with Gasteiger partial charge in [-0.2, -0.15) is 0 Å². The van der Waals surface area contributed by atoms with Gasteiger partial charge in [0.1, 0.15) is 16.9 Å². The molecule has 0 radical (unpaired) electrons. The molecule has 9 aromatic rings. The summed E-state index contributed by atoms with van der Waals surface area (Å²) in [6.07, 6.45) is 0. The molecule has 10 heteroatoms. The molecule has 0 saturated carbocycles. The highest BCUT2D eigenvalue weighted by Gasteiger charge is 2.31. The molecule has 0 bridgehead atoms. The highest BCUT2D eigenvalue weighted by Crippen LogP contribution is 2.60. The summed E-state index contributed by atoms with van der Waals surface area (Å²) in [7, 11) is 0. The van der Waals surface area contributed by atoms with Crippen molar-refractivity contribution in [2.24, 2.45) is 0 Å². The number of phenols is 9. The van der Waals surface area contributed by atoms with Gasteiger partial charge in [0, 0.05) is 21.9 Å². The minimum atomic E-state index is -1.08. The smallest absolute Gasteiger partial charge is 0.208 e. The Hall–Kier alpha value is -7.72. The Kier molecular flexibility index (Phi) is 6.95. The number of hydrogen-bond donors (Lipinski definition) is 9. The fourth-order valence-electron chi connectivity index (χ4n) is 7.68. The molecular formula is C44H28O10. The lowest BCUT2D eigenvalue weighted by molar-refractivity contribution is 0.330. The second-order valence-corrected chi connectivity index (χ2v) is 12.9. The first-order chi connectivity index (χ1) is 26.1. The molecule has 0 unspecified atom stereocenters. The van der Waals surface area contributed by atoms with Crippen molar-refractivity contribution in [1.29, 1.82) is 0 Å². The number of phenolic OH excluding ortho intramolecular Hbond substituents is 9. The van der Waals surface area contributed by atoms with Gasteiger partial charge < -0.3 is 50.4 Å². The van der Waals surface area contributed by atoms with Crippen molar-refractivity contribution in [3.63, 3.8) is 0 Å². The maximum absolute atomic E-state index is 11.9. The van der Waals surface area contributed by atoms with E-state index in [1.54, 1.807) is 66.7 Å². The molecule has 54 heavy (non-hydrogen) atoms. The molecule has 1 aromatic heterocycles. The predicted molar refractivity (Wildman–Crippen MR) is 205 cm³/mol. The van der Waals surface area contributed by atoms with E-state index in [4.69, 9.17) is 4.42 Å². The summed E-state index contributed by atoms with van der Waals surface area (Å²) in [4.78, 5) is 0. The standard InChI is InChI=1S/C44H28O10/c45-35-29(20-10-2-1-3-11-20)36(46)40(50)39(49)34(35)31-23-14-6-4-12-21(23)30(22-13-5-7-15-24(22)31)26-18-19-27(33-37(47)41(51)43(53)42(52)38(33)48)44-32(26)25-16-8-9-17-28(25)54-44/h1-19,45-53H. The minimum Gasteiger partial charge on any atom is -0.506 e. The number of aromatic hydroxyl groups is 9. The van der Waals surface area contributed by atoms with Gasteiger partial charge in [-0.25, -0.2) is 0 Å². The molecule has 0 amide bonds. The van der Waals surface area contributed by atoms with E-state index in [1.807, 2.05) is 48.5 Å². The molecule has 8 aromatic carbocycles. The van der Waals surface area contributed by atoms with Crippen molar-refractivity contribution >= 4 is 43.5 Å². The summed E-state index contributed by atoms with van der Waals surface area (Å²) in [6.45, 7) is 0. The van der Waals surface area contributed by atoms with Crippen molar-refractivity contribution in [3.05, 3.63) is 115 Å². The van der Waals surface area contributed by atoms with E-state index >= 15 is 0 Å². The minimum absolute atomic E-state index is 0.0573. The Bertz CT molecular complexity index is 2950. The van der Waals surface area contributed by atoms with Crippen LogP contribution in [0.15, 0.2) is 120 Å². The summed E-state index contributed by atoms with van der Waals surface area (Å²) in [5, 5.41) is 102. The van der Waals surface area contributed by atoms with E-state index in [0.29, 0.717) is 60.2 Å². The van der Waals surface area contributed by atoms with Gasteiger partial charge in [0.05, 0.1) is 16.7 Å². The lowest BCUT2D eigenvalue weighted by Crippen LogP contribution is -1.94. The molecule has 0 aliphatic heterocycles. The topological polar surface area (TPSA) is 195 Å². The van der Waals surface area contributed by atoms with Gasteiger partial charge in [0.15, 0.2) is 23.0 Å². The van der Waals surface area contributed by atoms with Crippen LogP contribution in [0, 0.1) is 0 Å². The third-order valence-electron chi connectivity index (χ3n) is 10.1. The Balaban J connectivity index is 1.43. The monoisotopic (exact) mass is 716 g/mol. The molecule has 0 aliphatic carbocycles. The van der Waals surface area contributed by atoms with Crippen molar-refractivity contribution < 1.29 is 50.4 Å². The van der Waals surface area contributed by atoms with Gasteiger partial charge >= 0.3 is 0 Å². The summed E-state index contributed by atoms with van der Waals surface area (Å²) >= 11 is 0. The SMILES string of the molecule is Oc1c(O)c(O)c(-c2ccc(-c3c4ccccc4c(-c4c(O)c(O)c(O)c(-c5ccccc5)c4O)c4ccccc34)c3c2oc2ccccc23)c(O)c1O. The van der Waals surface area contributed by atoms with Crippen LogP contribution in [0.2, 0.25) is 0 Å². The number of benzene rings is 8. The van der Waals surface area contributed by atoms with Crippen LogP contribution in [-0.2, 0) is 0 Å². The molecule has 10 nitrogen and oxygen atoms in total. The highest BCUT2D eigenvalue weighted by atomic mass is 16.4. The maximum Gasteiger partial charge on any atom is 0.208 e. The van der Waals surface area contributed by atoms with E-state index in [0.717, 1.165) is 0 Å². The lowest BCUT2D eigenvalue weighted by atomic mass is 9.83. The van der Waals surface area contributed by atoms with Crippen LogP contribution in [0.5, 0.6) is 51.7 Å². The van der Waals surface area contributed by atoms with Crippen LogP contribution in [-0.4, -0.2) is 46.0 Å². The summed E-state index contributed by atoms with van der Waals surface area (Å²) in [6, 6.07) is 33.7. The normalized spacial score (nSPS) is 11.6. The summed E-state index contributed by atoms with van der Waals surface area (Å²) in [5.41, 5.74) is 2.41. The fraction of sp³-hybridized carbons (Fsp3) is 0. The first kappa shape index (κ1) is 32.2. The predicted octanol–water partition coefficient (Wildman–Crippen LogP) is 9.91. The van der Waals surface area contributed by atoms with E-state index in [9.17, 15) is 46.0 Å². The Labute approximate surface area is 304 Å². The second kappa shape index (κ2) is 11.7. The Morgan fingerprint density at radius 3 is 1.31 bits per heavy atom. The number of furan rings is 1. The molecule has 9 rings (SSSR count). The molecule has 0 spiro atoms. The van der Waals surface area contributed by atoms with Gasteiger partial charge in [-0.05, 0) is 50.4 Å². The van der Waals surface area contributed by atoms with Crippen LogP contribution in [0.3, 0.4) is 0 Å². The number of para-hydroxylation sites is 1. The molecule has 0 aliphatic rings. The van der Waals surface area contributed by atoms with Gasteiger partial charge in [0.25, 0.3) is 0 Å². The lowest BCUT2D eigenvalue weighted by Gasteiger charge is -2.21. The molecule has 0 saturated heterocycles. The van der Waals surface area contributed by atoms with Crippen molar-refractivity contribution in [2.75, 3.05) is 0 Å². The molecule has 0 fully saturated rings. The van der Waals surface area contributed by atoms with E-state index < -0.39 is 51.7 Å². The van der Waals surface area contributed by atoms with E-state index in [2.05, 4.69) is 0 Å². The maximum atomic E-state index is 11.9. The highest BCUT2D eigenvalue weighted by molar-refractivity contribution is 6.27. The Morgan fingerprint density at radius 1 is 0.296 bits per heavy atom. The van der Waals surface area contributed by atoms with Crippen molar-refractivity contribution in [2.45, 2.75) is 0 Å². The summed E-state index contributed by atoms with van der Waals surface area (Å²) in [5.74, 6) is -7.49. The van der Waals surface area contributed by atoms with E-state index in [1.165, 1.54) is 0 Å². The van der Waals surface area contributed by atoms with E-state index in [-0.39, 0.29) is 27.8 Å². The van der Waals surface area contributed by atoms with Crippen LogP contribution in [0.1, 0.15) is 0 Å². The zero-order valence-corrected chi connectivity index (χ0v) is 27.9. The summed E-state index contributed by atoms with van der Waals surface area (Å²) < 4.78 is 6.38. The number of rotatable bonds is 4. The average molecular weight is 717 g/mol. The molecular weight excluding hydrogens is 688 g/mol. The zero-order valence-electron chi connectivity index (χ0n) is 27.9. The fourth-order valence-corrected chi connectivity index (χ4v) is 7.68. The van der Waals surface area contributed by atoms with Crippen molar-refractivity contribution in [1.82, 2.24) is 0 Å². The van der Waals surface area contributed by atoms with Crippen LogP contribution in [0.4, 0.5) is 0 Å². The first-order valence-electron chi connectivity index (χ1n) is 16.7. The third kappa shape index (κ3) is 4.34. The average Bonchev–Trinajstić information content (AvgIpc) is 3.59. The largest absolute Gasteiger partial charge is 0.506 e. The third-order valence-corrected chi connectivity index (χ3v) is 10.1. The molecule has 0 atom stereocenters. The van der Waals surface area contributed by atoms with Gasteiger partial charge in [-0.3, -0.25) is 0 Å². The quantitative estimate of drug-likeness (QED) is 0.0480. The number of hydrogen-bond acceptors (Lipinski definition) is 10. The second-order valence-electron chi connectivity index (χ2n) is 12.9. The molecule has 264 valence electrons. The first-order valence-corrected chi connectivity index (χ1v) is 16.7. The van der Waals surface area contributed by atoms with Crippen LogP contribution >= 0.6 is 0 Å².